The van der Waals surface area contributed by atoms with Gasteiger partial charge in [-0.1, -0.05) is 0 Å². The maximum Gasteiger partial charge on any atom is 0.255 e. The third-order valence-electron chi connectivity index (χ3n) is 3.46. The summed E-state index contributed by atoms with van der Waals surface area (Å²) in [5.41, 5.74) is 1.40. The van der Waals surface area contributed by atoms with Crippen molar-refractivity contribution in [1.29, 1.82) is 0 Å². The van der Waals surface area contributed by atoms with Crippen LogP contribution in [-0.4, -0.2) is 51.3 Å². The van der Waals surface area contributed by atoms with E-state index in [1.54, 1.807) is 17.3 Å². The van der Waals surface area contributed by atoms with E-state index >= 15 is 0 Å². The van der Waals surface area contributed by atoms with Crippen LogP contribution in [0.3, 0.4) is 0 Å². The van der Waals surface area contributed by atoms with Crippen LogP contribution in [0.1, 0.15) is 23.2 Å². The summed E-state index contributed by atoms with van der Waals surface area (Å²) in [4.78, 5) is 37.1. The summed E-state index contributed by atoms with van der Waals surface area (Å²) in [5, 5.41) is 2.64. The minimum atomic E-state index is -0.332. The van der Waals surface area contributed by atoms with Gasteiger partial charge in [0.05, 0.1) is 18.3 Å². The number of nitrogens with zero attached hydrogens (tertiary/aromatic N) is 3. The summed E-state index contributed by atoms with van der Waals surface area (Å²) < 4.78 is 0.553. The van der Waals surface area contributed by atoms with Crippen molar-refractivity contribution in [3.8, 4) is 0 Å². The van der Waals surface area contributed by atoms with Crippen molar-refractivity contribution in [2.45, 2.75) is 12.8 Å². The summed E-state index contributed by atoms with van der Waals surface area (Å²) in [7, 11) is 0. The van der Waals surface area contributed by atoms with Crippen LogP contribution in [0.4, 0.5) is 0 Å². The molecule has 1 fully saturated rings. The molecule has 0 saturated carbocycles. The summed E-state index contributed by atoms with van der Waals surface area (Å²) in [6, 6.07) is 0. The Balaban J connectivity index is 1.69. The summed E-state index contributed by atoms with van der Waals surface area (Å²) in [6.45, 7) is 1.56. The molecule has 0 aromatic carbocycles. The number of rotatable bonds is 3. The maximum atomic E-state index is 12.2. The first-order chi connectivity index (χ1) is 10.1. The van der Waals surface area contributed by atoms with Crippen LogP contribution in [0.5, 0.6) is 0 Å². The zero-order chi connectivity index (χ0) is 14.8. The highest BCUT2D eigenvalue weighted by molar-refractivity contribution is 9.10. The van der Waals surface area contributed by atoms with Gasteiger partial charge in [0, 0.05) is 19.3 Å². The Bertz CT molecular complexity index is 693. The second kappa shape index (κ2) is 5.80. The molecular formula is C13H14BrN5O2. The van der Waals surface area contributed by atoms with Crippen LogP contribution in [0.2, 0.25) is 0 Å². The van der Waals surface area contributed by atoms with Gasteiger partial charge in [-0.15, -0.1) is 0 Å². The van der Waals surface area contributed by atoms with Crippen molar-refractivity contribution in [2.24, 2.45) is 0 Å². The number of hydrogen-bond donors (Lipinski definition) is 2. The van der Waals surface area contributed by atoms with Crippen LogP contribution in [0.15, 0.2) is 17.0 Å². The van der Waals surface area contributed by atoms with E-state index in [9.17, 15) is 9.59 Å². The molecular weight excluding hydrogens is 338 g/mol. The Labute approximate surface area is 129 Å². The molecule has 110 valence electrons. The van der Waals surface area contributed by atoms with Crippen molar-refractivity contribution in [3.63, 3.8) is 0 Å². The molecule has 21 heavy (non-hydrogen) atoms. The van der Waals surface area contributed by atoms with Crippen LogP contribution in [0.25, 0.3) is 11.2 Å². The van der Waals surface area contributed by atoms with Gasteiger partial charge in [-0.3, -0.25) is 9.59 Å². The third-order valence-corrected chi connectivity index (χ3v) is 3.84. The fraction of sp³-hybridized carbons (Fsp3) is 0.385. The van der Waals surface area contributed by atoms with Crippen LogP contribution >= 0.6 is 15.9 Å². The molecule has 1 aliphatic heterocycles. The third kappa shape index (κ3) is 2.90. The number of hydrogen-bond acceptors (Lipinski definition) is 4. The van der Waals surface area contributed by atoms with Gasteiger partial charge in [0.2, 0.25) is 5.91 Å². The average Bonchev–Trinajstić information content (AvgIpc) is 3.13. The highest BCUT2D eigenvalue weighted by atomic mass is 79.9. The normalized spacial score (nSPS) is 14.6. The molecule has 0 radical (unpaired) electrons. The monoisotopic (exact) mass is 351 g/mol. The number of carbonyl (C=O) groups excluding carboxylic acids is 2. The number of likely N-dealkylation sites (tertiary alicyclic amines) is 1. The fourth-order valence-electron chi connectivity index (χ4n) is 2.37. The molecule has 0 spiro atoms. The molecule has 2 amide bonds. The van der Waals surface area contributed by atoms with Gasteiger partial charge in [-0.05, 0) is 28.8 Å². The average molecular weight is 352 g/mol. The quantitative estimate of drug-likeness (QED) is 0.865. The Morgan fingerprint density at radius 3 is 2.90 bits per heavy atom. The number of halogens is 1. The first-order valence-corrected chi connectivity index (χ1v) is 7.50. The van der Waals surface area contributed by atoms with Gasteiger partial charge >= 0.3 is 0 Å². The number of H-pyrrole nitrogens is 1. The van der Waals surface area contributed by atoms with E-state index < -0.39 is 0 Å². The lowest BCUT2D eigenvalue weighted by Gasteiger charge is -2.15. The molecule has 0 unspecified atom stereocenters. The first kappa shape index (κ1) is 14.0. The molecule has 2 N–H and O–H groups in total. The minimum Gasteiger partial charge on any atom is -0.344 e. The van der Waals surface area contributed by atoms with E-state index in [1.807, 2.05) is 0 Å². The van der Waals surface area contributed by atoms with Crippen molar-refractivity contribution < 1.29 is 9.59 Å². The molecule has 1 saturated heterocycles. The number of aromatic nitrogens is 3. The second-order valence-electron chi connectivity index (χ2n) is 4.86. The predicted molar refractivity (Wildman–Crippen MR) is 79.7 cm³/mol. The zero-order valence-corrected chi connectivity index (χ0v) is 12.8. The van der Waals surface area contributed by atoms with Gasteiger partial charge in [-0.25, -0.2) is 9.97 Å². The largest absolute Gasteiger partial charge is 0.344 e. The van der Waals surface area contributed by atoms with Gasteiger partial charge in [0.25, 0.3) is 5.91 Å². The van der Waals surface area contributed by atoms with Crippen LogP contribution < -0.4 is 5.32 Å². The molecule has 0 aliphatic carbocycles. The Morgan fingerprint density at radius 2 is 2.14 bits per heavy atom. The SMILES string of the molecule is O=C(NCC(=O)N1CCCC1)c1c[nH]c2ncc(Br)nc12. The number of aromatic amines is 1. The summed E-state index contributed by atoms with van der Waals surface area (Å²) >= 11 is 3.23. The Morgan fingerprint density at radius 1 is 1.38 bits per heavy atom. The summed E-state index contributed by atoms with van der Waals surface area (Å²) in [5.74, 6) is -0.380. The first-order valence-electron chi connectivity index (χ1n) is 6.71. The van der Waals surface area contributed by atoms with Gasteiger partial charge in [0.15, 0.2) is 5.65 Å². The molecule has 7 nitrogen and oxygen atoms in total. The van der Waals surface area contributed by atoms with Crippen molar-refractivity contribution in [2.75, 3.05) is 19.6 Å². The minimum absolute atomic E-state index is 0.00688. The Kier molecular flexibility index (Phi) is 3.87. The van der Waals surface area contributed by atoms with Crippen LogP contribution in [-0.2, 0) is 4.79 Å². The predicted octanol–water partition coefficient (Wildman–Crippen LogP) is 1.07. The molecule has 0 bridgehead atoms. The summed E-state index contributed by atoms with van der Waals surface area (Å²) in [6.07, 6.45) is 5.17. The van der Waals surface area contributed by atoms with E-state index in [0.717, 1.165) is 25.9 Å². The Hall–Kier alpha value is -1.96. The molecule has 2 aromatic heterocycles. The lowest BCUT2D eigenvalue weighted by atomic mass is 10.3. The standard InChI is InChI=1S/C13H14BrN5O2/c14-9-6-16-12-11(18-9)8(5-15-12)13(21)17-7-10(20)19-3-1-2-4-19/h5-6H,1-4,7H2,(H,15,16)(H,17,21). The fourth-order valence-corrected chi connectivity index (χ4v) is 2.65. The number of amides is 2. The highest BCUT2D eigenvalue weighted by Gasteiger charge is 2.20. The molecule has 8 heteroatoms. The highest BCUT2D eigenvalue weighted by Crippen LogP contribution is 2.16. The molecule has 3 rings (SSSR count). The second-order valence-corrected chi connectivity index (χ2v) is 5.68. The lowest BCUT2D eigenvalue weighted by molar-refractivity contribution is -0.129. The van der Waals surface area contributed by atoms with E-state index in [4.69, 9.17) is 0 Å². The van der Waals surface area contributed by atoms with Crippen LogP contribution in [0, 0.1) is 0 Å². The van der Waals surface area contributed by atoms with Crippen molar-refractivity contribution in [1.82, 2.24) is 25.2 Å². The van der Waals surface area contributed by atoms with E-state index in [2.05, 4.69) is 36.2 Å². The molecule has 2 aromatic rings. The number of fused-ring (bicyclic) bond motifs is 1. The number of nitrogens with one attached hydrogen (secondary N) is 2. The molecule has 3 heterocycles. The molecule has 0 atom stereocenters. The zero-order valence-electron chi connectivity index (χ0n) is 11.2. The van der Waals surface area contributed by atoms with Gasteiger partial charge in [0.1, 0.15) is 10.1 Å². The van der Waals surface area contributed by atoms with Gasteiger partial charge < -0.3 is 15.2 Å². The van der Waals surface area contributed by atoms with E-state index in [0.29, 0.717) is 21.3 Å². The maximum absolute atomic E-state index is 12.2. The van der Waals surface area contributed by atoms with Crippen molar-refractivity contribution in [3.05, 3.63) is 22.6 Å². The van der Waals surface area contributed by atoms with Crippen molar-refractivity contribution >= 4 is 38.9 Å². The van der Waals surface area contributed by atoms with E-state index in [1.165, 1.54) is 0 Å². The van der Waals surface area contributed by atoms with E-state index in [-0.39, 0.29) is 18.4 Å². The van der Waals surface area contributed by atoms with Gasteiger partial charge in [-0.2, -0.15) is 0 Å². The molecule has 1 aliphatic rings. The lowest BCUT2D eigenvalue weighted by Crippen LogP contribution is -2.38. The topological polar surface area (TPSA) is 91.0 Å². The smallest absolute Gasteiger partial charge is 0.255 e. The number of carbonyl (C=O) groups is 2.